The molecular formula is C27H44N10O11S2. The molecule has 0 bridgehead atoms. The first-order valence-corrected chi connectivity index (χ1v) is 16.3. The molecule has 1 aromatic rings. The normalized spacial score (nSPS) is 15.1. The van der Waals surface area contributed by atoms with Gasteiger partial charge in [-0.05, 0) is 12.8 Å². The van der Waals surface area contributed by atoms with E-state index in [2.05, 4.69) is 67.1 Å². The number of H-pyrrole nitrogens is 1. The Bertz CT molecular complexity index is 1350. The van der Waals surface area contributed by atoms with Crippen LogP contribution in [0.15, 0.2) is 12.5 Å². The summed E-state index contributed by atoms with van der Waals surface area (Å²) >= 11 is 8.02. The van der Waals surface area contributed by atoms with Gasteiger partial charge in [0, 0.05) is 29.8 Å². The number of imidazole rings is 1. The van der Waals surface area contributed by atoms with Crippen molar-refractivity contribution in [3.05, 3.63) is 18.2 Å². The van der Waals surface area contributed by atoms with Gasteiger partial charge >= 0.3 is 6.09 Å². The maximum Gasteiger partial charge on any atom is 0.405 e. The van der Waals surface area contributed by atoms with Gasteiger partial charge in [0.25, 0.3) is 0 Å². The standard InChI is InChI=1S/C27H44N10O11S2/c1-11(2)19(26(46)35-17(8-49)24(44)34-16(7-39)23(43)33-15(6-38)20(28)40)37-21(41)12(3)31-22(42)14(4-13-5-29-10-30-13)32-25(45)18(9-50)36-27(47)48/h5,10-12,14-19,36,38-39,49-50H,4,6-9H2,1-3H3,(H2,28,40)(H,29,30)(H,31,42)(H,32,45)(H,33,43)(H,34,44)(H,35,46)(H,37,41)(H,47,48)/t12-,14-,15-,16-,17-,18-,19-/m0/s1. The number of aromatic nitrogens is 2. The quantitative estimate of drug-likeness (QED) is 0.0524. The molecule has 1 aromatic heterocycles. The minimum Gasteiger partial charge on any atom is -0.465 e. The summed E-state index contributed by atoms with van der Waals surface area (Å²) in [6.07, 6.45) is 1.13. The van der Waals surface area contributed by atoms with Crippen LogP contribution in [0.25, 0.3) is 0 Å². The minimum absolute atomic E-state index is 0.117. The van der Waals surface area contributed by atoms with E-state index in [-0.39, 0.29) is 17.9 Å². The Morgan fingerprint density at radius 2 is 1.18 bits per heavy atom. The lowest BCUT2D eigenvalue weighted by Gasteiger charge is -2.27. The van der Waals surface area contributed by atoms with Crippen molar-refractivity contribution >= 4 is 72.7 Å². The van der Waals surface area contributed by atoms with E-state index in [4.69, 9.17) is 10.8 Å². The predicted molar refractivity (Wildman–Crippen MR) is 180 cm³/mol. The molecule has 0 saturated carbocycles. The summed E-state index contributed by atoms with van der Waals surface area (Å²) in [4.78, 5) is 107. The number of aliphatic hydroxyl groups excluding tert-OH is 2. The Balaban J connectivity index is 2.98. The van der Waals surface area contributed by atoms with E-state index in [1.165, 1.54) is 19.4 Å². The van der Waals surface area contributed by atoms with E-state index in [1.807, 2.05) is 5.32 Å². The molecule has 0 radical (unpaired) electrons. The smallest absolute Gasteiger partial charge is 0.405 e. The van der Waals surface area contributed by atoms with E-state index in [1.54, 1.807) is 13.8 Å². The van der Waals surface area contributed by atoms with Crippen molar-refractivity contribution < 1.29 is 53.7 Å². The molecular weight excluding hydrogens is 704 g/mol. The zero-order valence-electron chi connectivity index (χ0n) is 27.3. The van der Waals surface area contributed by atoms with Crippen LogP contribution in [-0.2, 0) is 40.0 Å². The number of amides is 8. The first kappa shape index (κ1) is 43.4. The van der Waals surface area contributed by atoms with Crippen molar-refractivity contribution in [3.8, 4) is 0 Å². The fourth-order valence-electron chi connectivity index (χ4n) is 4.03. The number of carbonyl (C=O) groups excluding carboxylic acids is 7. The molecule has 0 aromatic carbocycles. The molecule has 1 rings (SSSR count). The highest BCUT2D eigenvalue weighted by Crippen LogP contribution is 2.06. The Labute approximate surface area is 297 Å². The van der Waals surface area contributed by atoms with Crippen molar-refractivity contribution in [3.63, 3.8) is 0 Å². The predicted octanol–water partition coefficient (Wildman–Crippen LogP) is -5.50. The Kier molecular flexibility index (Phi) is 18.6. The van der Waals surface area contributed by atoms with Crippen LogP contribution in [0.2, 0.25) is 0 Å². The number of rotatable bonds is 21. The summed E-state index contributed by atoms with van der Waals surface area (Å²) in [5, 5.41) is 43.8. The molecule has 21 nitrogen and oxygen atoms in total. The number of hydrogen-bond donors (Lipinski definition) is 14. The van der Waals surface area contributed by atoms with Crippen LogP contribution < -0.4 is 43.0 Å². The summed E-state index contributed by atoms with van der Waals surface area (Å²) < 4.78 is 0. The molecule has 0 spiro atoms. The van der Waals surface area contributed by atoms with Gasteiger partial charge in [-0.25, -0.2) is 9.78 Å². The van der Waals surface area contributed by atoms with Crippen LogP contribution in [0.4, 0.5) is 4.79 Å². The Morgan fingerprint density at radius 1 is 0.700 bits per heavy atom. The number of aromatic amines is 1. The molecule has 280 valence electrons. The molecule has 0 unspecified atom stereocenters. The number of aliphatic hydroxyl groups is 2. The fraction of sp³-hybridized carbons (Fsp3) is 0.593. The van der Waals surface area contributed by atoms with E-state index >= 15 is 0 Å². The van der Waals surface area contributed by atoms with Gasteiger partial charge in [-0.2, -0.15) is 25.3 Å². The second kappa shape index (κ2) is 21.5. The van der Waals surface area contributed by atoms with Gasteiger partial charge in [-0.3, -0.25) is 33.6 Å². The minimum atomic E-state index is -1.60. The third kappa shape index (κ3) is 14.1. The third-order valence-electron chi connectivity index (χ3n) is 6.88. The number of nitrogens with zero attached hydrogens (tertiary/aromatic N) is 1. The first-order chi connectivity index (χ1) is 23.5. The molecule has 7 atom stereocenters. The maximum atomic E-state index is 13.2. The summed E-state index contributed by atoms with van der Waals surface area (Å²) in [7, 11) is 0. The van der Waals surface area contributed by atoms with Crippen molar-refractivity contribution in [2.45, 2.75) is 69.5 Å². The van der Waals surface area contributed by atoms with Gasteiger partial charge in [0.05, 0.1) is 19.5 Å². The molecule has 23 heteroatoms. The highest BCUT2D eigenvalue weighted by molar-refractivity contribution is 7.80. The van der Waals surface area contributed by atoms with Crippen LogP contribution in [0.1, 0.15) is 26.5 Å². The highest BCUT2D eigenvalue weighted by atomic mass is 32.1. The van der Waals surface area contributed by atoms with Crippen LogP contribution in [0.5, 0.6) is 0 Å². The van der Waals surface area contributed by atoms with Gasteiger partial charge in [-0.1, -0.05) is 13.8 Å². The summed E-state index contributed by atoms with van der Waals surface area (Å²) in [6.45, 7) is 2.73. The lowest BCUT2D eigenvalue weighted by atomic mass is 10.0. The second-order valence-corrected chi connectivity index (χ2v) is 11.9. The Hall–Kier alpha value is -4.61. The highest BCUT2D eigenvalue weighted by Gasteiger charge is 2.33. The monoisotopic (exact) mass is 748 g/mol. The van der Waals surface area contributed by atoms with Gasteiger partial charge < -0.3 is 63.3 Å². The van der Waals surface area contributed by atoms with Crippen LogP contribution in [0.3, 0.4) is 0 Å². The van der Waals surface area contributed by atoms with E-state index < -0.39 is 109 Å². The molecule has 0 fully saturated rings. The van der Waals surface area contributed by atoms with Crippen LogP contribution in [-0.4, -0.2) is 140 Å². The summed E-state index contributed by atoms with van der Waals surface area (Å²) in [5.41, 5.74) is 5.50. The molecule has 13 N–H and O–H groups in total. The number of nitrogens with two attached hydrogens (primary N) is 1. The zero-order valence-corrected chi connectivity index (χ0v) is 29.1. The molecule has 0 aliphatic heterocycles. The van der Waals surface area contributed by atoms with E-state index in [0.717, 1.165) is 0 Å². The van der Waals surface area contributed by atoms with E-state index in [0.29, 0.717) is 5.69 Å². The van der Waals surface area contributed by atoms with Gasteiger partial charge in [-0.15, -0.1) is 0 Å². The number of thiol groups is 2. The van der Waals surface area contributed by atoms with Gasteiger partial charge in [0.2, 0.25) is 41.4 Å². The lowest BCUT2D eigenvalue weighted by molar-refractivity contribution is -0.136. The first-order valence-electron chi connectivity index (χ1n) is 15.0. The fourth-order valence-corrected chi connectivity index (χ4v) is 4.55. The van der Waals surface area contributed by atoms with Crippen molar-refractivity contribution in [1.82, 2.24) is 47.2 Å². The summed E-state index contributed by atoms with van der Waals surface area (Å²) in [5.74, 6) is -7.48. The molecule has 8 amide bonds. The average molecular weight is 749 g/mol. The average Bonchev–Trinajstić information content (AvgIpc) is 3.57. The number of hydrogen-bond acceptors (Lipinski definition) is 13. The molecule has 0 saturated heterocycles. The second-order valence-electron chi connectivity index (χ2n) is 11.1. The van der Waals surface area contributed by atoms with Crippen molar-refractivity contribution in [1.29, 1.82) is 0 Å². The van der Waals surface area contributed by atoms with Gasteiger partial charge in [0.15, 0.2) is 0 Å². The number of primary amides is 1. The molecule has 0 aliphatic carbocycles. The SMILES string of the molecule is CC(C)[C@H](NC(=O)[C@H](C)NC(=O)[C@H](Cc1cnc[nH]1)NC(=O)[C@H](CS)NC(=O)O)C(=O)N[C@@H](CS)C(=O)N[C@@H](CO)C(=O)N[C@@H](CO)C(N)=O. The van der Waals surface area contributed by atoms with Gasteiger partial charge in [0.1, 0.15) is 42.3 Å². The molecule has 1 heterocycles. The topological polar surface area (TPSA) is 336 Å². The molecule has 50 heavy (non-hydrogen) atoms. The largest absolute Gasteiger partial charge is 0.465 e. The molecule has 0 aliphatic rings. The van der Waals surface area contributed by atoms with E-state index in [9.17, 15) is 48.6 Å². The van der Waals surface area contributed by atoms with Crippen molar-refractivity contribution in [2.24, 2.45) is 11.7 Å². The van der Waals surface area contributed by atoms with Crippen LogP contribution in [0, 0.1) is 5.92 Å². The van der Waals surface area contributed by atoms with Crippen LogP contribution >= 0.6 is 25.3 Å². The van der Waals surface area contributed by atoms with Crippen molar-refractivity contribution in [2.75, 3.05) is 24.7 Å². The number of nitrogens with one attached hydrogen (secondary N) is 8. The lowest BCUT2D eigenvalue weighted by Crippen LogP contribution is -2.61. The number of carbonyl (C=O) groups is 8. The maximum absolute atomic E-state index is 13.2. The Morgan fingerprint density at radius 3 is 1.64 bits per heavy atom. The third-order valence-corrected chi connectivity index (χ3v) is 7.61. The number of carboxylic acid groups (broad SMARTS) is 1. The summed E-state index contributed by atoms with van der Waals surface area (Å²) in [6, 6.07) is -9.58. The zero-order chi connectivity index (χ0) is 38.1.